The number of hydrogen-bond donors (Lipinski definition) is 0. The Balaban J connectivity index is 1.84. The molecule has 0 N–H and O–H groups in total. The molecule has 1 aromatic rings. The number of benzene rings is 1. The minimum atomic E-state index is -3.05. The van der Waals surface area contributed by atoms with Gasteiger partial charge in [0, 0.05) is 32.7 Å². The highest BCUT2D eigenvalue weighted by Crippen LogP contribution is 2.15. The van der Waals surface area contributed by atoms with E-state index in [4.69, 9.17) is 4.74 Å². The molecule has 0 amide bonds. The molecule has 22 heavy (non-hydrogen) atoms. The monoisotopic (exact) mass is 326 g/mol. The zero-order chi connectivity index (χ0) is 16.0. The van der Waals surface area contributed by atoms with Gasteiger partial charge in [-0.15, -0.1) is 0 Å². The first-order valence-electron chi connectivity index (χ1n) is 7.97. The third-order valence-electron chi connectivity index (χ3n) is 3.83. The Morgan fingerprint density at radius 3 is 2.23 bits per heavy atom. The Morgan fingerprint density at radius 1 is 1.05 bits per heavy atom. The minimum absolute atomic E-state index is 0.256. The first kappa shape index (κ1) is 17.2. The van der Waals surface area contributed by atoms with Crippen LogP contribution in [0.15, 0.2) is 24.3 Å². The van der Waals surface area contributed by atoms with Crippen LogP contribution in [0.2, 0.25) is 0 Å². The molecule has 5 nitrogen and oxygen atoms in total. The van der Waals surface area contributed by atoms with Gasteiger partial charge in [0.2, 0.25) is 10.0 Å². The third-order valence-corrected chi connectivity index (χ3v) is 5.90. The molecular weight excluding hydrogens is 300 g/mol. The first-order valence-corrected chi connectivity index (χ1v) is 9.58. The molecule has 2 rings (SSSR count). The van der Waals surface area contributed by atoms with Crippen LogP contribution in [0.5, 0.6) is 5.75 Å². The van der Waals surface area contributed by atoms with Crippen molar-refractivity contribution < 1.29 is 13.2 Å². The van der Waals surface area contributed by atoms with Crippen molar-refractivity contribution in [1.82, 2.24) is 9.21 Å². The number of ether oxygens (including phenoxy) is 1. The zero-order valence-corrected chi connectivity index (χ0v) is 14.3. The molecule has 1 aliphatic heterocycles. The van der Waals surface area contributed by atoms with Gasteiger partial charge in [0.15, 0.2) is 0 Å². The Hall–Kier alpha value is -1.11. The smallest absolute Gasteiger partial charge is 0.214 e. The minimum Gasteiger partial charge on any atom is -0.494 e. The van der Waals surface area contributed by atoms with E-state index in [1.807, 2.05) is 26.0 Å². The maximum Gasteiger partial charge on any atom is 0.214 e. The summed E-state index contributed by atoms with van der Waals surface area (Å²) in [6.07, 6.45) is 0.675. The van der Waals surface area contributed by atoms with Gasteiger partial charge in [0.05, 0.1) is 12.4 Å². The van der Waals surface area contributed by atoms with E-state index in [1.54, 1.807) is 4.31 Å². The molecule has 0 bridgehead atoms. The van der Waals surface area contributed by atoms with E-state index in [-0.39, 0.29) is 5.75 Å². The lowest BCUT2D eigenvalue weighted by Gasteiger charge is -2.34. The normalized spacial score (nSPS) is 17.5. The van der Waals surface area contributed by atoms with Crippen molar-refractivity contribution in [3.05, 3.63) is 29.8 Å². The highest BCUT2D eigenvalue weighted by molar-refractivity contribution is 7.89. The molecular formula is C16H26N2O3S. The highest BCUT2D eigenvalue weighted by Gasteiger charge is 2.25. The Labute approximate surface area is 133 Å². The molecule has 1 fully saturated rings. The molecule has 0 radical (unpaired) electrons. The van der Waals surface area contributed by atoms with Gasteiger partial charge in [-0.1, -0.05) is 19.1 Å². The molecule has 1 aromatic carbocycles. The number of rotatable bonds is 7. The van der Waals surface area contributed by atoms with Crippen LogP contribution in [0.4, 0.5) is 0 Å². The Bertz CT molecular complexity index is 549. The molecule has 1 aliphatic rings. The van der Waals surface area contributed by atoms with Crippen LogP contribution in [0.1, 0.15) is 25.8 Å². The maximum absolute atomic E-state index is 12.0. The van der Waals surface area contributed by atoms with Crippen molar-refractivity contribution in [2.45, 2.75) is 26.8 Å². The second-order valence-electron chi connectivity index (χ2n) is 5.57. The predicted octanol–water partition coefficient (Wildman–Crippen LogP) is 1.94. The fourth-order valence-corrected chi connectivity index (χ4v) is 4.16. The van der Waals surface area contributed by atoms with E-state index in [0.29, 0.717) is 26.1 Å². The summed E-state index contributed by atoms with van der Waals surface area (Å²) in [5, 5.41) is 0. The first-order chi connectivity index (χ1) is 10.5. The van der Waals surface area contributed by atoms with Gasteiger partial charge >= 0.3 is 0 Å². The van der Waals surface area contributed by atoms with Crippen molar-refractivity contribution in [1.29, 1.82) is 0 Å². The van der Waals surface area contributed by atoms with E-state index in [0.717, 1.165) is 25.4 Å². The van der Waals surface area contributed by atoms with Gasteiger partial charge in [-0.2, -0.15) is 4.31 Å². The molecule has 0 unspecified atom stereocenters. The van der Waals surface area contributed by atoms with Gasteiger partial charge in [0.25, 0.3) is 0 Å². The molecule has 6 heteroatoms. The third kappa shape index (κ3) is 4.69. The van der Waals surface area contributed by atoms with Gasteiger partial charge in [-0.25, -0.2) is 8.42 Å². The van der Waals surface area contributed by atoms with Crippen molar-refractivity contribution >= 4 is 10.0 Å². The average molecular weight is 326 g/mol. The number of piperazine rings is 1. The topological polar surface area (TPSA) is 49.9 Å². The van der Waals surface area contributed by atoms with Gasteiger partial charge < -0.3 is 4.74 Å². The van der Waals surface area contributed by atoms with Crippen molar-refractivity contribution in [3.63, 3.8) is 0 Å². The summed E-state index contributed by atoms with van der Waals surface area (Å²) in [5.74, 6) is 1.15. The summed E-state index contributed by atoms with van der Waals surface area (Å²) in [7, 11) is -3.05. The lowest BCUT2D eigenvalue weighted by Crippen LogP contribution is -2.48. The largest absolute Gasteiger partial charge is 0.494 e. The Morgan fingerprint density at radius 2 is 1.68 bits per heavy atom. The molecule has 0 saturated carbocycles. The predicted molar refractivity (Wildman–Crippen MR) is 88.5 cm³/mol. The average Bonchev–Trinajstić information content (AvgIpc) is 2.50. The van der Waals surface area contributed by atoms with Crippen LogP contribution < -0.4 is 4.74 Å². The van der Waals surface area contributed by atoms with Crippen LogP contribution in [-0.4, -0.2) is 56.2 Å². The quantitative estimate of drug-likeness (QED) is 0.768. The molecule has 0 atom stereocenters. The highest BCUT2D eigenvalue weighted by atomic mass is 32.2. The summed E-state index contributed by atoms with van der Waals surface area (Å²) in [4.78, 5) is 2.30. The van der Waals surface area contributed by atoms with Crippen LogP contribution in [-0.2, 0) is 16.6 Å². The standard InChI is InChI=1S/C16H26N2O3S/c1-3-13-22(19,20)18-11-9-17(10-12-18)14-15-5-7-16(8-6-15)21-4-2/h5-8H,3-4,9-14H2,1-2H3. The second kappa shape index (κ2) is 7.94. The van der Waals surface area contributed by atoms with Gasteiger partial charge in [-0.05, 0) is 31.0 Å². The van der Waals surface area contributed by atoms with Gasteiger partial charge in [0.1, 0.15) is 5.75 Å². The van der Waals surface area contributed by atoms with E-state index < -0.39 is 10.0 Å². The number of nitrogens with zero attached hydrogens (tertiary/aromatic N) is 2. The zero-order valence-electron chi connectivity index (χ0n) is 13.5. The summed E-state index contributed by atoms with van der Waals surface area (Å²) >= 11 is 0. The SMILES string of the molecule is CCCS(=O)(=O)N1CCN(Cc2ccc(OCC)cc2)CC1. The van der Waals surface area contributed by atoms with Crippen LogP contribution in [0.3, 0.4) is 0 Å². The lowest BCUT2D eigenvalue weighted by molar-refractivity contribution is 0.181. The fraction of sp³-hybridized carbons (Fsp3) is 0.625. The molecule has 0 spiro atoms. The Kier molecular flexibility index (Phi) is 6.23. The van der Waals surface area contributed by atoms with Crippen LogP contribution >= 0.6 is 0 Å². The second-order valence-corrected chi connectivity index (χ2v) is 7.66. The van der Waals surface area contributed by atoms with Crippen molar-refractivity contribution in [2.24, 2.45) is 0 Å². The lowest BCUT2D eigenvalue weighted by atomic mass is 10.2. The van der Waals surface area contributed by atoms with E-state index in [2.05, 4.69) is 17.0 Å². The fourth-order valence-electron chi connectivity index (χ4n) is 2.67. The molecule has 1 heterocycles. The van der Waals surface area contributed by atoms with Crippen molar-refractivity contribution in [2.75, 3.05) is 38.5 Å². The van der Waals surface area contributed by atoms with E-state index in [9.17, 15) is 8.42 Å². The number of hydrogen-bond acceptors (Lipinski definition) is 4. The number of sulfonamides is 1. The molecule has 124 valence electrons. The summed E-state index contributed by atoms with van der Waals surface area (Å²) in [6, 6.07) is 8.12. The summed E-state index contributed by atoms with van der Waals surface area (Å²) in [6.45, 7) is 8.17. The van der Waals surface area contributed by atoms with Gasteiger partial charge in [-0.3, -0.25) is 4.90 Å². The van der Waals surface area contributed by atoms with E-state index in [1.165, 1.54) is 5.56 Å². The maximum atomic E-state index is 12.0. The summed E-state index contributed by atoms with van der Waals surface area (Å²) < 4.78 is 31.2. The molecule has 1 saturated heterocycles. The molecule has 0 aliphatic carbocycles. The van der Waals surface area contributed by atoms with E-state index >= 15 is 0 Å². The molecule has 0 aromatic heterocycles. The van der Waals surface area contributed by atoms with Crippen LogP contribution in [0, 0.1) is 0 Å². The van der Waals surface area contributed by atoms with Crippen molar-refractivity contribution in [3.8, 4) is 5.75 Å². The van der Waals surface area contributed by atoms with Crippen LogP contribution in [0.25, 0.3) is 0 Å². The summed E-state index contributed by atoms with van der Waals surface area (Å²) in [5.41, 5.74) is 1.23.